The highest BCUT2D eigenvalue weighted by atomic mass is 35.5. The van der Waals surface area contributed by atoms with Crippen LogP contribution in [-0.4, -0.2) is 5.91 Å². The van der Waals surface area contributed by atoms with E-state index in [1.807, 2.05) is 43.3 Å². The maximum absolute atomic E-state index is 12.4. The Labute approximate surface area is 187 Å². The zero-order chi connectivity index (χ0) is 21.5. The van der Waals surface area contributed by atoms with Gasteiger partial charge in [0.15, 0.2) is 0 Å². The van der Waals surface area contributed by atoms with Crippen molar-refractivity contribution in [3.05, 3.63) is 99.0 Å². The van der Waals surface area contributed by atoms with E-state index in [-0.39, 0.29) is 5.91 Å². The third-order valence-electron chi connectivity index (χ3n) is 4.97. The number of anilines is 1. The molecule has 152 valence electrons. The first-order valence-corrected chi connectivity index (χ1v) is 10.5. The molecule has 0 fully saturated rings. The van der Waals surface area contributed by atoms with Crippen molar-refractivity contribution in [2.75, 3.05) is 5.32 Å². The highest BCUT2D eigenvalue weighted by Crippen LogP contribution is 2.34. The molecule has 30 heavy (non-hydrogen) atoms. The van der Waals surface area contributed by atoms with Crippen LogP contribution in [0.4, 0.5) is 5.69 Å². The predicted octanol–water partition coefficient (Wildman–Crippen LogP) is 6.92. The Morgan fingerprint density at radius 2 is 1.77 bits per heavy atom. The minimum atomic E-state index is -0.510. The van der Waals surface area contributed by atoms with Gasteiger partial charge >= 0.3 is 0 Å². The highest BCUT2D eigenvalue weighted by molar-refractivity contribution is 6.32. The summed E-state index contributed by atoms with van der Waals surface area (Å²) in [6.07, 6.45) is 2.06. The van der Waals surface area contributed by atoms with Crippen molar-refractivity contribution in [1.82, 2.24) is 0 Å². The molecule has 3 rings (SSSR count). The lowest BCUT2D eigenvalue weighted by molar-refractivity contribution is -0.116. The van der Waals surface area contributed by atoms with E-state index in [0.29, 0.717) is 27.7 Å². The van der Waals surface area contributed by atoms with Gasteiger partial charge in [-0.1, -0.05) is 71.7 Å². The van der Waals surface area contributed by atoms with E-state index in [1.165, 1.54) is 5.56 Å². The standard InChI is InChI=1S/C25H22Cl2N2O/c1-17-14-21(22(16-28)19-10-12-20(26)13-11-19)23(27)15-24(17)29-25(30)9-5-8-18-6-3-2-4-7-18/h2-4,6-7,10-15,22H,5,8-9H2,1H3,(H,29,30)/t22-/m1/s1. The number of carbonyl (C=O) groups excluding carboxylic acids is 1. The van der Waals surface area contributed by atoms with Crippen LogP contribution in [0.15, 0.2) is 66.7 Å². The van der Waals surface area contributed by atoms with E-state index in [0.717, 1.165) is 24.0 Å². The van der Waals surface area contributed by atoms with E-state index in [4.69, 9.17) is 23.2 Å². The monoisotopic (exact) mass is 436 g/mol. The van der Waals surface area contributed by atoms with Gasteiger partial charge in [-0.3, -0.25) is 4.79 Å². The van der Waals surface area contributed by atoms with Crippen LogP contribution in [0.2, 0.25) is 10.0 Å². The van der Waals surface area contributed by atoms with Crippen molar-refractivity contribution in [2.45, 2.75) is 32.1 Å². The molecular weight excluding hydrogens is 415 g/mol. The van der Waals surface area contributed by atoms with Crippen molar-refractivity contribution in [3.63, 3.8) is 0 Å². The highest BCUT2D eigenvalue weighted by Gasteiger charge is 2.19. The maximum Gasteiger partial charge on any atom is 0.224 e. The van der Waals surface area contributed by atoms with E-state index in [2.05, 4.69) is 23.5 Å². The molecule has 0 radical (unpaired) electrons. The third kappa shape index (κ3) is 5.63. The van der Waals surface area contributed by atoms with Crippen LogP contribution in [0, 0.1) is 18.3 Å². The van der Waals surface area contributed by atoms with Crippen LogP contribution >= 0.6 is 23.2 Å². The smallest absolute Gasteiger partial charge is 0.224 e. The predicted molar refractivity (Wildman–Crippen MR) is 123 cm³/mol. The fraction of sp³-hybridized carbons (Fsp3) is 0.200. The first-order chi connectivity index (χ1) is 14.5. The quantitative estimate of drug-likeness (QED) is 0.436. The summed E-state index contributed by atoms with van der Waals surface area (Å²) in [6, 6.07) is 23.2. The molecule has 1 N–H and O–H groups in total. The molecule has 0 aromatic heterocycles. The van der Waals surface area contributed by atoms with Gasteiger partial charge in [0.25, 0.3) is 0 Å². The topological polar surface area (TPSA) is 52.9 Å². The molecule has 0 saturated carbocycles. The molecule has 3 aromatic carbocycles. The first-order valence-electron chi connectivity index (χ1n) is 9.77. The molecule has 3 aromatic rings. The van der Waals surface area contributed by atoms with Gasteiger partial charge in [0.05, 0.1) is 12.0 Å². The second-order valence-electron chi connectivity index (χ2n) is 7.19. The molecule has 0 spiro atoms. The number of aryl methyl sites for hydroxylation is 2. The number of halogens is 2. The Hall–Kier alpha value is -2.80. The molecule has 1 atom stereocenters. The molecule has 0 aliphatic heterocycles. The second kappa shape index (κ2) is 10.3. The van der Waals surface area contributed by atoms with Crippen molar-refractivity contribution < 1.29 is 4.79 Å². The number of hydrogen-bond donors (Lipinski definition) is 1. The van der Waals surface area contributed by atoms with Gasteiger partial charge in [-0.05, 0) is 60.2 Å². The summed E-state index contributed by atoms with van der Waals surface area (Å²) in [5, 5.41) is 13.7. The van der Waals surface area contributed by atoms with E-state index >= 15 is 0 Å². The number of amides is 1. The number of benzene rings is 3. The fourth-order valence-electron chi connectivity index (χ4n) is 3.35. The molecule has 0 bridgehead atoms. The van der Waals surface area contributed by atoms with Gasteiger partial charge in [0, 0.05) is 22.2 Å². The van der Waals surface area contributed by atoms with Crippen LogP contribution in [0.3, 0.4) is 0 Å². The number of nitrogens with zero attached hydrogens (tertiary/aromatic N) is 1. The van der Waals surface area contributed by atoms with Crippen LogP contribution in [0.1, 0.15) is 41.0 Å². The van der Waals surface area contributed by atoms with Crippen molar-refractivity contribution >= 4 is 34.8 Å². The van der Waals surface area contributed by atoms with Crippen LogP contribution < -0.4 is 5.32 Å². The summed E-state index contributed by atoms with van der Waals surface area (Å²) in [7, 11) is 0. The van der Waals surface area contributed by atoms with Crippen LogP contribution in [-0.2, 0) is 11.2 Å². The third-order valence-corrected chi connectivity index (χ3v) is 5.55. The van der Waals surface area contributed by atoms with Gasteiger partial charge in [-0.2, -0.15) is 5.26 Å². The molecule has 0 aliphatic rings. The van der Waals surface area contributed by atoms with Gasteiger partial charge < -0.3 is 5.32 Å². The SMILES string of the molecule is Cc1cc([C@H](C#N)c2ccc(Cl)cc2)c(Cl)cc1NC(=O)CCCc1ccccc1. The molecule has 1 amide bonds. The van der Waals surface area contributed by atoms with Crippen molar-refractivity contribution in [2.24, 2.45) is 0 Å². The Morgan fingerprint density at radius 1 is 1.07 bits per heavy atom. The molecular formula is C25H22Cl2N2O. The van der Waals surface area contributed by atoms with Crippen LogP contribution in [0.25, 0.3) is 0 Å². The lowest BCUT2D eigenvalue weighted by Crippen LogP contribution is -2.13. The summed E-state index contributed by atoms with van der Waals surface area (Å²) < 4.78 is 0. The Morgan fingerprint density at radius 3 is 2.43 bits per heavy atom. The molecule has 3 nitrogen and oxygen atoms in total. The van der Waals surface area contributed by atoms with E-state index < -0.39 is 5.92 Å². The zero-order valence-electron chi connectivity index (χ0n) is 16.7. The number of rotatable bonds is 7. The number of nitriles is 1. The molecule has 0 saturated heterocycles. The molecule has 0 unspecified atom stereocenters. The number of carbonyl (C=O) groups is 1. The summed E-state index contributed by atoms with van der Waals surface area (Å²) >= 11 is 12.4. The number of hydrogen-bond acceptors (Lipinski definition) is 2. The van der Waals surface area contributed by atoms with E-state index in [9.17, 15) is 10.1 Å². The van der Waals surface area contributed by atoms with Gasteiger partial charge in [-0.15, -0.1) is 0 Å². The Kier molecular flexibility index (Phi) is 7.52. The van der Waals surface area contributed by atoms with Gasteiger partial charge in [-0.25, -0.2) is 0 Å². The van der Waals surface area contributed by atoms with E-state index in [1.54, 1.807) is 18.2 Å². The van der Waals surface area contributed by atoms with Crippen molar-refractivity contribution in [1.29, 1.82) is 5.26 Å². The summed E-state index contributed by atoms with van der Waals surface area (Å²) in [6.45, 7) is 1.90. The lowest BCUT2D eigenvalue weighted by Gasteiger charge is -2.16. The minimum Gasteiger partial charge on any atom is -0.326 e. The molecule has 5 heteroatoms. The van der Waals surface area contributed by atoms with Crippen LogP contribution in [0.5, 0.6) is 0 Å². The lowest BCUT2D eigenvalue weighted by atomic mass is 9.91. The van der Waals surface area contributed by atoms with Gasteiger partial charge in [0.1, 0.15) is 0 Å². The first kappa shape index (κ1) is 21.9. The fourth-order valence-corrected chi connectivity index (χ4v) is 3.75. The maximum atomic E-state index is 12.4. The summed E-state index contributed by atoms with van der Waals surface area (Å²) in [5.41, 5.74) is 4.28. The molecule has 0 aliphatic carbocycles. The Balaban J connectivity index is 1.68. The van der Waals surface area contributed by atoms with Gasteiger partial charge in [0.2, 0.25) is 5.91 Å². The second-order valence-corrected chi connectivity index (χ2v) is 8.03. The minimum absolute atomic E-state index is 0.0487. The number of nitrogens with one attached hydrogen (secondary N) is 1. The van der Waals surface area contributed by atoms with Crippen molar-refractivity contribution in [3.8, 4) is 6.07 Å². The summed E-state index contributed by atoms with van der Waals surface area (Å²) in [5.74, 6) is -0.559. The Bertz CT molecular complexity index is 1060. The average Bonchev–Trinajstić information content (AvgIpc) is 2.74. The molecule has 0 heterocycles. The summed E-state index contributed by atoms with van der Waals surface area (Å²) in [4.78, 5) is 12.4. The zero-order valence-corrected chi connectivity index (χ0v) is 18.2. The largest absolute Gasteiger partial charge is 0.326 e. The average molecular weight is 437 g/mol. The normalized spacial score (nSPS) is 11.5.